The smallest absolute Gasteiger partial charge is 0.335 e. The van der Waals surface area contributed by atoms with E-state index in [2.05, 4.69) is 0 Å². The number of hydrogen-bond donors (Lipinski definition) is 4. The summed E-state index contributed by atoms with van der Waals surface area (Å²) in [7, 11) is 0. The first-order valence-electron chi connectivity index (χ1n) is 9.27. The third-order valence-electron chi connectivity index (χ3n) is 4.57. The van der Waals surface area contributed by atoms with Crippen molar-refractivity contribution in [1.82, 2.24) is 4.90 Å². The predicted molar refractivity (Wildman–Crippen MR) is 80.9 cm³/mol. The summed E-state index contributed by atoms with van der Waals surface area (Å²) in [5.74, 6) is -2.01. The second-order valence-electron chi connectivity index (χ2n) is 6.16. The van der Waals surface area contributed by atoms with Crippen molar-refractivity contribution in [1.29, 1.82) is 0 Å². The van der Waals surface area contributed by atoms with Crippen molar-refractivity contribution < 1.29 is 43.4 Å². The molecule has 0 saturated carbocycles. The van der Waals surface area contributed by atoms with Gasteiger partial charge in [-0.1, -0.05) is 0 Å². The summed E-state index contributed by atoms with van der Waals surface area (Å²) in [6.45, 7) is -2.62. The molecular weight excluding hydrogens is 332 g/mol. The number of carbonyl (C=O) groups is 2. The van der Waals surface area contributed by atoms with Gasteiger partial charge >= 0.3 is 5.97 Å². The molecule has 2 fully saturated rings. The predicted octanol–water partition coefficient (Wildman–Crippen LogP) is -1.67. The van der Waals surface area contributed by atoms with Crippen molar-refractivity contribution in [3.63, 3.8) is 0 Å². The molecule has 0 aromatic carbocycles. The lowest BCUT2D eigenvalue weighted by Crippen LogP contribution is -2.63. The second-order valence-corrected chi connectivity index (χ2v) is 6.16. The van der Waals surface area contributed by atoms with E-state index in [-0.39, 0.29) is 12.8 Å². The summed E-state index contributed by atoms with van der Waals surface area (Å²) in [4.78, 5) is 24.1. The molecule has 3 rings (SSSR count). The maximum absolute atomic E-state index is 12.0. The highest BCUT2D eigenvalue weighted by molar-refractivity contribution is 5.78. The zero-order chi connectivity index (χ0) is 20.8. The quantitative estimate of drug-likeness (QED) is 0.476. The van der Waals surface area contributed by atoms with Crippen molar-refractivity contribution in [2.45, 2.75) is 49.5 Å². The lowest BCUT2D eigenvalue weighted by Gasteiger charge is -2.35. The number of aliphatic hydroxyl groups is 3. The SMILES string of the molecule is [2H]C([2H])([2H])N1C(=O)CC[C@H]1c1ccc[n+]([C@H]2O[C@@H](C(=O)O)[C@H](O)[C@@H](O)[C@@H]2O)c1. The Balaban J connectivity index is 1.93. The van der Waals surface area contributed by atoms with Crippen LogP contribution in [0.1, 0.15) is 34.8 Å². The lowest BCUT2D eigenvalue weighted by atomic mass is 9.97. The molecular formula is C16H21N2O7+. The minimum atomic E-state index is -2.62. The number of aliphatic hydroxyl groups excluding tert-OH is 3. The summed E-state index contributed by atoms with van der Waals surface area (Å²) in [5.41, 5.74) is 0.452. The van der Waals surface area contributed by atoms with Crippen LogP contribution in [0.3, 0.4) is 0 Å². The first-order valence-corrected chi connectivity index (χ1v) is 7.77. The summed E-state index contributed by atoms with van der Waals surface area (Å²) < 4.78 is 29.3. The highest BCUT2D eigenvalue weighted by Gasteiger charge is 2.51. The molecule has 0 aliphatic carbocycles. The lowest BCUT2D eigenvalue weighted by molar-refractivity contribution is -0.777. The Bertz CT molecular complexity index is 775. The molecule has 9 nitrogen and oxygen atoms in total. The van der Waals surface area contributed by atoms with Gasteiger partial charge in [0.15, 0.2) is 24.6 Å². The summed E-state index contributed by atoms with van der Waals surface area (Å²) in [6.07, 6.45) is -5.06. The fourth-order valence-electron chi connectivity index (χ4n) is 3.18. The van der Waals surface area contributed by atoms with E-state index in [4.69, 9.17) is 14.0 Å². The molecule has 9 heteroatoms. The van der Waals surface area contributed by atoms with Gasteiger partial charge in [0.05, 0.1) is 6.04 Å². The van der Waals surface area contributed by atoms with E-state index in [9.17, 15) is 24.9 Å². The monoisotopic (exact) mass is 356 g/mol. The van der Waals surface area contributed by atoms with Crippen LogP contribution < -0.4 is 4.57 Å². The summed E-state index contributed by atoms with van der Waals surface area (Å²) >= 11 is 0. The van der Waals surface area contributed by atoms with Crippen molar-refractivity contribution in [2.24, 2.45) is 0 Å². The van der Waals surface area contributed by atoms with Crippen LogP contribution in [-0.4, -0.2) is 68.6 Å². The van der Waals surface area contributed by atoms with Crippen LogP contribution in [0.25, 0.3) is 0 Å². The number of carbonyl (C=O) groups excluding carboxylic acids is 1. The minimum Gasteiger partial charge on any atom is -0.479 e. The number of carboxylic acid groups (broad SMARTS) is 1. The number of aromatic nitrogens is 1. The average molecular weight is 356 g/mol. The van der Waals surface area contributed by atoms with E-state index in [1.807, 2.05) is 0 Å². The van der Waals surface area contributed by atoms with E-state index in [1.165, 1.54) is 23.0 Å². The second kappa shape index (κ2) is 6.68. The van der Waals surface area contributed by atoms with Crippen molar-refractivity contribution >= 4 is 11.9 Å². The van der Waals surface area contributed by atoms with Crippen molar-refractivity contribution in [2.75, 3.05) is 6.98 Å². The van der Waals surface area contributed by atoms with Crippen molar-refractivity contribution in [3.05, 3.63) is 30.1 Å². The maximum Gasteiger partial charge on any atom is 0.335 e. The van der Waals surface area contributed by atoms with Crippen LogP contribution >= 0.6 is 0 Å². The number of hydrogen-bond acceptors (Lipinski definition) is 6. The molecule has 25 heavy (non-hydrogen) atoms. The normalized spacial score (nSPS) is 38.1. The fraction of sp³-hybridized carbons (Fsp3) is 0.562. The van der Waals surface area contributed by atoms with Crippen LogP contribution in [0, 0.1) is 0 Å². The number of carboxylic acids is 1. The van der Waals surface area contributed by atoms with Gasteiger partial charge in [-0.15, -0.1) is 0 Å². The molecule has 2 aliphatic heterocycles. The summed E-state index contributed by atoms with van der Waals surface area (Å²) in [5, 5.41) is 39.2. The highest BCUT2D eigenvalue weighted by Crippen LogP contribution is 2.31. The molecule has 2 saturated heterocycles. The number of aliphatic carboxylic acids is 1. The number of pyridine rings is 1. The zero-order valence-electron chi connectivity index (χ0n) is 16.1. The fourth-order valence-corrected chi connectivity index (χ4v) is 3.18. The maximum atomic E-state index is 12.0. The Kier molecular flexibility index (Phi) is 3.78. The molecule has 0 unspecified atom stereocenters. The number of nitrogens with zero attached hydrogens (tertiary/aromatic N) is 2. The third kappa shape index (κ3) is 3.11. The Morgan fingerprint density at radius 2 is 2.12 bits per heavy atom. The van der Waals surface area contributed by atoms with Gasteiger partial charge in [-0.05, 0) is 12.5 Å². The molecule has 6 atom stereocenters. The van der Waals surface area contributed by atoms with Gasteiger partial charge < -0.3 is 30.1 Å². The van der Waals surface area contributed by atoms with E-state index in [0.29, 0.717) is 5.56 Å². The molecule has 1 amide bonds. The number of rotatable bonds is 3. The molecule has 136 valence electrons. The third-order valence-corrected chi connectivity index (χ3v) is 4.57. The molecule has 0 bridgehead atoms. The molecule has 1 aromatic rings. The highest BCUT2D eigenvalue weighted by atomic mass is 16.6. The molecule has 0 radical (unpaired) electrons. The van der Waals surface area contributed by atoms with E-state index < -0.39 is 55.5 Å². The topological polar surface area (TPSA) is 131 Å². The number of likely N-dealkylation sites (tertiary alicyclic amines) is 1. The van der Waals surface area contributed by atoms with Crippen LogP contribution in [0.15, 0.2) is 24.5 Å². The Hall–Kier alpha value is -2.07. The van der Waals surface area contributed by atoms with Crippen LogP contribution in [0.4, 0.5) is 0 Å². The van der Waals surface area contributed by atoms with E-state index in [1.54, 1.807) is 6.07 Å². The van der Waals surface area contributed by atoms with Crippen molar-refractivity contribution in [3.8, 4) is 0 Å². The van der Waals surface area contributed by atoms with E-state index in [0.717, 1.165) is 4.90 Å². The minimum absolute atomic E-state index is 0.0759. The van der Waals surface area contributed by atoms with Gasteiger partial charge in [0, 0.05) is 29.1 Å². The molecule has 0 spiro atoms. The van der Waals surface area contributed by atoms with Crippen LogP contribution in [0.2, 0.25) is 0 Å². The van der Waals surface area contributed by atoms with Gasteiger partial charge in [-0.2, -0.15) is 4.57 Å². The Morgan fingerprint density at radius 1 is 1.36 bits per heavy atom. The first kappa shape index (κ1) is 14.1. The van der Waals surface area contributed by atoms with Crippen LogP contribution in [-0.2, 0) is 14.3 Å². The summed E-state index contributed by atoms with van der Waals surface area (Å²) in [6, 6.07) is 2.41. The molecule has 4 N–H and O–H groups in total. The number of amides is 1. The molecule has 3 heterocycles. The van der Waals surface area contributed by atoms with Gasteiger partial charge in [0.1, 0.15) is 12.2 Å². The Labute approximate surface area is 147 Å². The van der Waals surface area contributed by atoms with Gasteiger partial charge in [-0.3, -0.25) is 4.79 Å². The molecule has 1 aromatic heterocycles. The van der Waals surface area contributed by atoms with Gasteiger partial charge in [0.2, 0.25) is 5.91 Å². The molecule has 2 aliphatic rings. The van der Waals surface area contributed by atoms with Crippen LogP contribution in [0.5, 0.6) is 0 Å². The first-order chi connectivity index (χ1) is 13.0. The average Bonchev–Trinajstić information content (AvgIpc) is 3.01. The standard InChI is InChI=1S/C16H20N2O7/c1-17-9(4-5-10(17)19)8-3-2-6-18(7-8)15-13(22)11(20)12(21)14(25-15)16(23)24/h2-3,6-7,9,11-15,20-22H,4-5H2,1H3/p+1/t9-,11+,12+,13-,14+,15-/m0/s1/i1D3. The largest absolute Gasteiger partial charge is 0.479 e. The number of ether oxygens (including phenoxy) is 1. The Morgan fingerprint density at radius 3 is 2.80 bits per heavy atom. The zero-order valence-corrected chi connectivity index (χ0v) is 13.1. The van der Waals surface area contributed by atoms with E-state index >= 15 is 0 Å². The van der Waals surface area contributed by atoms with Gasteiger partial charge in [-0.25, -0.2) is 4.79 Å². The van der Waals surface area contributed by atoms with Gasteiger partial charge in [0.25, 0.3) is 6.23 Å².